The predicted molar refractivity (Wildman–Crippen MR) is 79.7 cm³/mol. The zero-order chi connectivity index (χ0) is 12.7. The zero-order valence-corrected chi connectivity index (χ0v) is 12.4. The second kappa shape index (κ2) is 4.78. The molecule has 0 radical (unpaired) electrons. The van der Waals surface area contributed by atoms with E-state index in [2.05, 4.69) is 31.4 Å². The van der Waals surface area contributed by atoms with Crippen molar-refractivity contribution in [3.63, 3.8) is 0 Å². The summed E-state index contributed by atoms with van der Waals surface area (Å²) in [5.74, 6) is 2.05. The predicted octanol–water partition coefficient (Wildman–Crippen LogP) is 5.22. The lowest BCUT2D eigenvalue weighted by atomic mass is 9.75. The van der Waals surface area contributed by atoms with Gasteiger partial charge in [-0.3, -0.25) is 4.79 Å². The van der Waals surface area contributed by atoms with Crippen LogP contribution in [-0.2, 0) is 0 Å². The summed E-state index contributed by atoms with van der Waals surface area (Å²) in [6.45, 7) is 4.56. The fourth-order valence-corrected chi connectivity index (χ4v) is 5.38. The SMILES string of the molecule is CC1CC(C)CC(C(=O)c2cc3sccc3s2)C1. The molecule has 0 spiro atoms. The van der Waals surface area contributed by atoms with Crippen molar-refractivity contribution in [2.45, 2.75) is 33.1 Å². The molecule has 2 atom stereocenters. The largest absolute Gasteiger partial charge is 0.293 e. The van der Waals surface area contributed by atoms with E-state index in [0.29, 0.717) is 17.6 Å². The molecule has 2 heterocycles. The van der Waals surface area contributed by atoms with Crippen molar-refractivity contribution in [1.29, 1.82) is 0 Å². The average Bonchev–Trinajstić information content (AvgIpc) is 2.86. The number of ketones is 1. The molecular formula is C15H18OS2. The second-order valence-electron chi connectivity index (χ2n) is 5.74. The number of hydrogen-bond donors (Lipinski definition) is 0. The van der Waals surface area contributed by atoms with Crippen molar-refractivity contribution >= 4 is 37.9 Å². The van der Waals surface area contributed by atoms with Crippen LogP contribution >= 0.6 is 22.7 Å². The molecule has 96 valence electrons. The Morgan fingerprint density at radius 1 is 1.17 bits per heavy atom. The number of hydrogen-bond acceptors (Lipinski definition) is 3. The fourth-order valence-electron chi connectivity index (χ4n) is 3.25. The van der Waals surface area contributed by atoms with Crippen LogP contribution in [0.5, 0.6) is 0 Å². The molecule has 1 fully saturated rings. The number of fused-ring (bicyclic) bond motifs is 1. The van der Waals surface area contributed by atoms with Crippen molar-refractivity contribution < 1.29 is 4.79 Å². The highest BCUT2D eigenvalue weighted by Gasteiger charge is 2.30. The lowest BCUT2D eigenvalue weighted by Gasteiger charge is -2.30. The van der Waals surface area contributed by atoms with Crippen molar-refractivity contribution in [2.75, 3.05) is 0 Å². The summed E-state index contributed by atoms with van der Waals surface area (Å²) in [6.07, 6.45) is 3.44. The second-order valence-corrected chi connectivity index (χ2v) is 7.77. The zero-order valence-electron chi connectivity index (χ0n) is 10.8. The lowest BCUT2D eigenvalue weighted by Crippen LogP contribution is -2.25. The van der Waals surface area contributed by atoms with E-state index in [1.807, 2.05) is 0 Å². The van der Waals surface area contributed by atoms with Gasteiger partial charge >= 0.3 is 0 Å². The molecule has 0 bridgehead atoms. The molecule has 2 aromatic heterocycles. The molecule has 3 heteroatoms. The Labute approximate surface area is 116 Å². The van der Waals surface area contributed by atoms with Gasteiger partial charge in [0.05, 0.1) is 4.88 Å². The van der Waals surface area contributed by atoms with Crippen LogP contribution in [-0.4, -0.2) is 5.78 Å². The normalized spacial score (nSPS) is 28.7. The highest BCUT2D eigenvalue weighted by Crippen LogP contribution is 2.37. The molecule has 1 aliphatic rings. The molecule has 0 aromatic carbocycles. The number of thiophene rings is 2. The standard InChI is InChI=1S/C15H18OS2/c1-9-5-10(2)7-11(6-9)15(16)14-8-13-12(18-14)3-4-17-13/h3-4,8-11H,5-7H2,1-2H3. The van der Waals surface area contributed by atoms with E-state index in [9.17, 15) is 4.79 Å². The number of carbonyl (C=O) groups excluding carboxylic acids is 1. The molecule has 1 aliphatic carbocycles. The summed E-state index contributed by atoms with van der Waals surface area (Å²) in [4.78, 5) is 13.5. The van der Waals surface area contributed by atoms with Crippen molar-refractivity contribution in [3.05, 3.63) is 22.4 Å². The smallest absolute Gasteiger partial charge is 0.175 e. The Morgan fingerprint density at radius 2 is 1.89 bits per heavy atom. The molecule has 1 nitrogen and oxygen atoms in total. The van der Waals surface area contributed by atoms with Crippen LogP contribution in [0.1, 0.15) is 42.8 Å². The molecular weight excluding hydrogens is 260 g/mol. The minimum atomic E-state index is 0.261. The molecule has 1 saturated carbocycles. The summed E-state index contributed by atoms with van der Waals surface area (Å²) < 4.78 is 2.53. The Morgan fingerprint density at radius 3 is 2.56 bits per heavy atom. The van der Waals surface area contributed by atoms with Crippen LogP contribution in [0.25, 0.3) is 9.40 Å². The first kappa shape index (κ1) is 12.4. The topological polar surface area (TPSA) is 17.1 Å². The van der Waals surface area contributed by atoms with E-state index in [1.54, 1.807) is 22.7 Å². The Hall–Kier alpha value is -0.670. The van der Waals surface area contributed by atoms with E-state index >= 15 is 0 Å². The molecule has 2 unspecified atom stereocenters. The number of rotatable bonds is 2. The van der Waals surface area contributed by atoms with E-state index in [0.717, 1.165) is 17.7 Å². The van der Waals surface area contributed by atoms with E-state index in [1.165, 1.54) is 15.8 Å². The Balaban J connectivity index is 1.83. The maximum Gasteiger partial charge on any atom is 0.175 e. The van der Waals surface area contributed by atoms with Crippen LogP contribution in [0.15, 0.2) is 17.5 Å². The van der Waals surface area contributed by atoms with Crippen LogP contribution in [0.2, 0.25) is 0 Å². The summed E-state index contributed by atoms with van der Waals surface area (Å²) >= 11 is 3.40. The van der Waals surface area contributed by atoms with Crippen LogP contribution < -0.4 is 0 Å². The molecule has 0 aliphatic heterocycles. The van der Waals surface area contributed by atoms with Gasteiger partial charge in [0.2, 0.25) is 0 Å². The van der Waals surface area contributed by atoms with Gasteiger partial charge in [-0.1, -0.05) is 13.8 Å². The molecule has 3 rings (SSSR count). The van der Waals surface area contributed by atoms with Gasteiger partial charge < -0.3 is 0 Å². The van der Waals surface area contributed by atoms with Gasteiger partial charge in [-0.25, -0.2) is 0 Å². The molecule has 0 N–H and O–H groups in total. The minimum absolute atomic E-state index is 0.261. The van der Waals surface area contributed by atoms with Gasteiger partial charge in [0, 0.05) is 15.3 Å². The minimum Gasteiger partial charge on any atom is -0.293 e. The van der Waals surface area contributed by atoms with Gasteiger partial charge in [-0.15, -0.1) is 22.7 Å². The monoisotopic (exact) mass is 278 g/mol. The van der Waals surface area contributed by atoms with Crippen LogP contribution in [0, 0.1) is 17.8 Å². The third-order valence-corrected chi connectivity index (χ3v) is 6.04. The van der Waals surface area contributed by atoms with E-state index < -0.39 is 0 Å². The molecule has 18 heavy (non-hydrogen) atoms. The van der Waals surface area contributed by atoms with Crippen molar-refractivity contribution in [2.24, 2.45) is 17.8 Å². The molecule has 2 aromatic rings. The fraction of sp³-hybridized carbons (Fsp3) is 0.533. The number of Topliss-reactive ketones (excluding diaryl/α,β-unsaturated/α-hetero) is 1. The Bertz CT molecular complexity index is 527. The summed E-state index contributed by atoms with van der Waals surface area (Å²) in [5, 5.41) is 2.10. The van der Waals surface area contributed by atoms with Gasteiger partial charge in [0.1, 0.15) is 0 Å². The average molecular weight is 278 g/mol. The molecule has 0 amide bonds. The van der Waals surface area contributed by atoms with Gasteiger partial charge in [0.25, 0.3) is 0 Å². The summed E-state index contributed by atoms with van der Waals surface area (Å²) in [5.41, 5.74) is 0. The summed E-state index contributed by atoms with van der Waals surface area (Å²) in [7, 11) is 0. The van der Waals surface area contributed by atoms with E-state index in [-0.39, 0.29) is 5.92 Å². The van der Waals surface area contributed by atoms with Gasteiger partial charge in [-0.05, 0) is 48.6 Å². The maximum atomic E-state index is 12.6. The quantitative estimate of drug-likeness (QED) is 0.688. The third-order valence-electron chi connectivity index (χ3n) is 3.93. The Kier molecular flexibility index (Phi) is 3.29. The van der Waals surface area contributed by atoms with Crippen LogP contribution in [0.3, 0.4) is 0 Å². The lowest BCUT2D eigenvalue weighted by molar-refractivity contribution is 0.0840. The van der Waals surface area contributed by atoms with Crippen molar-refractivity contribution in [1.82, 2.24) is 0 Å². The van der Waals surface area contributed by atoms with Gasteiger partial charge in [0.15, 0.2) is 5.78 Å². The third kappa shape index (κ3) is 2.26. The highest BCUT2D eigenvalue weighted by atomic mass is 32.1. The first-order valence-electron chi connectivity index (χ1n) is 6.64. The first-order chi connectivity index (χ1) is 8.63. The highest BCUT2D eigenvalue weighted by molar-refractivity contribution is 7.27. The van der Waals surface area contributed by atoms with E-state index in [4.69, 9.17) is 0 Å². The number of carbonyl (C=O) groups is 1. The van der Waals surface area contributed by atoms with Crippen molar-refractivity contribution in [3.8, 4) is 0 Å². The first-order valence-corrected chi connectivity index (χ1v) is 8.34. The molecule has 0 saturated heterocycles. The van der Waals surface area contributed by atoms with Gasteiger partial charge in [-0.2, -0.15) is 0 Å². The van der Waals surface area contributed by atoms with Crippen LogP contribution in [0.4, 0.5) is 0 Å². The maximum absolute atomic E-state index is 12.6. The summed E-state index contributed by atoms with van der Waals surface area (Å²) in [6, 6.07) is 4.21.